The molecular weight excluding hydrogens is 331 g/mol. The fraction of sp³-hybridized carbons (Fsp3) is 0.286. The van der Waals surface area contributed by atoms with Crippen molar-refractivity contribution in [3.63, 3.8) is 0 Å². The number of nitrogen functional groups attached to an aromatic ring is 1. The van der Waals surface area contributed by atoms with Crippen LogP contribution >= 0.6 is 11.3 Å². The summed E-state index contributed by atoms with van der Waals surface area (Å²) in [6.07, 6.45) is -1.31. The standard InChI is InChI=1S/C14H14F3N3O2S/c1-7-2-3-8(4-9(7)15)10(21)5-19-12(22)14(16,17)11-6-23-13(18)20-11/h2-4,6,10,21H,5H2,1H3,(H2,18,20)(H,19,22). The third-order valence-electron chi connectivity index (χ3n) is 3.17. The number of aromatic nitrogens is 1. The number of hydrogen-bond donors (Lipinski definition) is 3. The lowest BCUT2D eigenvalue weighted by Gasteiger charge is -2.17. The van der Waals surface area contributed by atoms with Crippen molar-refractivity contribution in [2.24, 2.45) is 0 Å². The van der Waals surface area contributed by atoms with Gasteiger partial charge < -0.3 is 16.2 Å². The normalized spacial score (nSPS) is 12.9. The van der Waals surface area contributed by atoms with E-state index >= 15 is 0 Å². The third kappa shape index (κ3) is 3.80. The van der Waals surface area contributed by atoms with Gasteiger partial charge in [0.1, 0.15) is 11.5 Å². The van der Waals surface area contributed by atoms with E-state index in [0.29, 0.717) is 5.56 Å². The number of carbonyl (C=O) groups excluding carboxylic acids is 1. The number of alkyl halides is 2. The van der Waals surface area contributed by atoms with E-state index in [2.05, 4.69) is 4.98 Å². The molecule has 2 aromatic rings. The lowest BCUT2D eigenvalue weighted by Crippen LogP contribution is -2.40. The number of nitrogens with zero attached hydrogens (tertiary/aromatic N) is 1. The van der Waals surface area contributed by atoms with Crippen molar-refractivity contribution in [2.45, 2.75) is 19.0 Å². The van der Waals surface area contributed by atoms with Crippen LogP contribution < -0.4 is 11.1 Å². The van der Waals surface area contributed by atoms with E-state index < -0.39 is 36.0 Å². The van der Waals surface area contributed by atoms with Crippen LogP contribution in [0.2, 0.25) is 0 Å². The minimum Gasteiger partial charge on any atom is -0.387 e. The van der Waals surface area contributed by atoms with Crippen LogP contribution in [0.3, 0.4) is 0 Å². The first-order valence-electron chi connectivity index (χ1n) is 6.53. The second kappa shape index (κ2) is 6.55. The van der Waals surface area contributed by atoms with Crippen molar-refractivity contribution in [1.29, 1.82) is 0 Å². The van der Waals surface area contributed by atoms with Crippen molar-refractivity contribution in [3.8, 4) is 0 Å². The lowest BCUT2D eigenvalue weighted by atomic mass is 10.1. The number of aliphatic hydroxyl groups excluding tert-OH is 1. The molecule has 0 bridgehead atoms. The van der Waals surface area contributed by atoms with Crippen LogP contribution in [0.25, 0.3) is 0 Å². The summed E-state index contributed by atoms with van der Waals surface area (Å²) < 4.78 is 41.1. The number of nitrogens with one attached hydrogen (secondary N) is 1. The Morgan fingerprint density at radius 2 is 2.22 bits per heavy atom. The van der Waals surface area contributed by atoms with Crippen LogP contribution in [-0.4, -0.2) is 22.5 Å². The average molecular weight is 345 g/mol. The van der Waals surface area contributed by atoms with E-state index in [4.69, 9.17) is 5.73 Å². The van der Waals surface area contributed by atoms with Gasteiger partial charge in [0.2, 0.25) is 0 Å². The van der Waals surface area contributed by atoms with Crippen LogP contribution in [0.15, 0.2) is 23.6 Å². The quantitative estimate of drug-likeness (QED) is 0.774. The fourth-order valence-corrected chi connectivity index (χ4v) is 2.37. The van der Waals surface area contributed by atoms with Gasteiger partial charge in [0.05, 0.1) is 6.10 Å². The summed E-state index contributed by atoms with van der Waals surface area (Å²) in [6, 6.07) is 3.99. The summed E-state index contributed by atoms with van der Waals surface area (Å²) in [5, 5.41) is 12.7. The highest BCUT2D eigenvalue weighted by molar-refractivity contribution is 7.13. The highest BCUT2D eigenvalue weighted by Crippen LogP contribution is 2.30. The molecule has 0 aliphatic heterocycles. The number of hydrogen-bond acceptors (Lipinski definition) is 5. The number of aryl methyl sites for hydroxylation is 1. The molecule has 1 amide bonds. The van der Waals surface area contributed by atoms with Gasteiger partial charge >= 0.3 is 5.92 Å². The van der Waals surface area contributed by atoms with E-state index in [1.165, 1.54) is 12.1 Å². The Morgan fingerprint density at radius 3 is 2.78 bits per heavy atom. The summed E-state index contributed by atoms with van der Waals surface area (Å²) in [4.78, 5) is 15.0. The molecule has 9 heteroatoms. The molecule has 4 N–H and O–H groups in total. The minimum atomic E-state index is -3.87. The van der Waals surface area contributed by atoms with Crippen molar-refractivity contribution in [2.75, 3.05) is 12.3 Å². The number of nitrogens with two attached hydrogens (primary N) is 1. The molecule has 1 atom stereocenters. The SMILES string of the molecule is Cc1ccc(C(O)CNC(=O)C(F)(F)c2csc(N)n2)cc1F. The molecule has 1 heterocycles. The Labute approximate surface area is 134 Å². The molecule has 0 saturated heterocycles. The summed E-state index contributed by atoms with van der Waals surface area (Å²) in [7, 11) is 0. The summed E-state index contributed by atoms with van der Waals surface area (Å²) in [5.41, 5.74) is 5.07. The second-order valence-corrected chi connectivity index (χ2v) is 5.77. The van der Waals surface area contributed by atoms with E-state index in [1.54, 1.807) is 6.92 Å². The van der Waals surface area contributed by atoms with Crippen molar-refractivity contribution >= 4 is 22.4 Å². The zero-order valence-electron chi connectivity index (χ0n) is 12.0. The first-order valence-corrected chi connectivity index (χ1v) is 7.41. The first-order chi connectivity index (χ1) is 10.7. The molecule has 1 aromatic carbocycles. The minimum absolute atomic E-state index is 0.0809. The number of rotatable bonds is 5. The Morgan fingerprint density at radius 1 is 1.52 bits per heavy atom. The number of halogens is 3. The molecule has 0 saturated carbocycles. The fourth-order valence-electron chi connectivity index (χ4n) is 1.78. The predicted molar refractivity (Wildman–Crippen MR) is 79.5 cm³/mol. The van der Waals surface area contributed by atoms with Gasteiger partial charge in [0.25, 0.3) is 5.91 Å². The van der Waals surface area contributed by atoms with Gasteiger partial charge in [-0.3, -0.25) is 4.79 Å². The van der Waals surface area contributed by atoms with Crippen LogP contribution in [0, 0.1) is 12.7 Å². The van der Waals surface area contributed by atoms with Gasteiger partial charge in [-0.25, -0.2) is 9.37 Å². The Balaban J connectivity index is 2.01. The monoisotopic (exact) mass is 345 g/mol. The maximum atomic E-state index is 13.9. The average Bonchev–Trinajstić information content (AvgIpc) is 2.94. The van der Waals surface area contributed by atoms with Crippen molar-refractivity contribution < 1.29 is 23.1 Å². The molecule has 5 nitrogen and oxygen atoms in total. The van der Waals surface area contributed by atoms with Gasteiger partial charge in [-0.2, -0.15) is 8.78 Å². The smallest absolute Gasteiger partial charge is 0.366 e. The molecule has 0 spiro atoms. The maximum absolute atomic E-state index is 13.9. The zero-order valence-corrected chi connectivity index (χ0v) is 12.8. The predicted octanol–water partition coefficient (Wildman–Crippen LogP) is 2.11. The number of amides is 1. The topological polar surface area (TPSA) is 88.2 Å². The molecule has 2 rings (SSSR count). The Hall–Kier alpha value is -2.13. The highest BCUT2D eigenvalue weighted by Gasteiger charge is 2.43. The van der Waals surface area contributed by atoms with E-state index in [-0.39, 0.29) is 10.7 Å². The van der Waals surface area contributed by atoms with Crippen LogP contribution in [-0.2, 0) is 10.7 Å². The summed E-state index contributed by atoms with van der Waals surface area (Å²) in [5.74, 6) is -6.02. The largest absolute Gasteiger partial charge is 0.387 e. The van der Waals surface area contributed by atoms with Crippen molar-refractivity contribution in [3.05, 3.63) is 46.2 Å². The van der Waals surface area contributed by atoms with Gasteiger partial charge in [0.15, 0.2) is 5.13 Å². The molecule has 1 aromatic heterocycles. The number of thiazole rings is 1. The third-order valence-corrected chi connectivity index (χ3v) is 3.84. The van der Waals surface area contributed by atoms with Gasteiger partial charge in [0, 0.05) is 11.9 Å². The Kier molecular flexibility index (Phi) is 4.90. The number of aliphatic hydroxyl groups is 1. The van der Waals surface area contributed by atoms with Crippen LogP contribution in [0.1, 0.15) is 22.9 Å². The first kappa shape index (κ1) is 17.2. The van der Waals surface area contributed by atoms with Crippen LogP contribution in [0.4, 0.5) is 18.3 Å². The highest BCUT2D eigenvalue weighted by atomic mass is 32.1. The van der Waals surface area contributed by atoms with E-state index in [9.17, 15) is 23.1 Å². The van der Waals surface area contributed by atoms with Crippen molar-refractivity contribution in [1.82, 2.24) is 10.3 Å². The molecule has 23 heavy (non-hydrogen) atoms. The number of carbonyl (C=O) groups is 1. The summed E-state index contributed by atoms with van der Waals surface area (Å²) in [6.45, 7) is 1.06. The van der Waals surface area contributed by atoms with Gasteiger partial charge in [-0.15, -0.1) is 11.3 Å². The molecule has 124 valence electrons. The second-order valence-electron chi connectivity index (χ2n) is 4.88. The van der Waals surface area contributed by atoms with Crippen LogP contribution in [0.5, 0.6) is 0 Å². The molecule has 0 aliphatic rings. The van der Waals surface area contributed by atoms with Gasteiger partial charge in [-0.1, -0.05) is 12.1 Å². The lowest BCUT2D eigenvalue weighted by molar-refractivity contribution is -0.147. The summed E-state index contributed by atoms with van der Waals surface area (Å²) >= 11 is 0.788. The molecular formula is C14H14F3N3O2S. The molecule has 0 fully saturated rings. The maximum Gasteiger partial charge on any atom is 0.366 e. The zero-order chi connectivity index (χ0) is 17.2. The Bertz CT molecular complexity index is 721. The molecule has 0 aliphatic carbocycles. The van der Waals surface area contributed by atoms with Gasteiger partial charge in [-0.05, 0) is 24.1 Å². The molecule has 0 radical (unpaired) electrons. The number of benzene rings is 1. The molecule has 1 unspecified atom stereocenters. The van der Waals surface area contributed by atoms with E-state index in [0.717, 1.165) is 22.8 Å². The van der Waals surface area contributed by atoms with E-state index in [1.807, 2.05) is 5.32 Å². The number of anilines is 1.